The van der Waals surface area contributed by atoms with Crippen molar-refractivity contribution in [2.24, 2.45) is 5.92 Å². The summed E-state index contributed by atoms with van der Waals surface area (Å²) in [4.78, 5) is 4.34. The molecule has 1 heterocycles. The zero-order valence-electron chi connectivity index (χ0n) is 10.4. The van der Waals surface area contributed by atoms with Crippen LogP contribution in [-0.4, -0.2) is 17.6 Å². The molecular weight excluding hydrogens is 196 g/mol. The predicted octanol–water partition coefficient (Wildman–Crippen LogP) is 2.71. The summed E-state index contributed by atoms with van der Waals surface area (Å²) in [7, 11) is 0. The van der Waals surface area contributed by atoms with Gasteiger partial charge in [-0.2, -0.15) is 0 Å². The minimum atomic E-state index is 0.728. The molecule has 1 aliphatic carbocycles. The number of nitrogens with zero attached hydrogens (tertiary/aromatic N) is 1. The van der Waals surface area contributed by atoms with E-state index in [1.807, 2.05) is 13.1 Å². The van der Waals surface area contributed by atoms with Crippen molar-refractivity contribution in [3.05, 3.63) is 29.6 Å². The van der Waals surface area contributed by atoms with Crippen LogP contribution < -0.4 is 5.32 Å². The molecule has 1 saturated carbocycles. The average Bonchev–Trinajstić information content (AvgIpc) is 3.10. The standard InChI is InChI=1S/C14H22N2/c1-3-15-14(13-7-8-13)9-6-12-5-4-11(2)16-10-12/h4-5,10,13-15H,3,6-9H2,1-2H3. The summed E-state index contributed by atoms with van der Waals surface area (Å²) in [6, 6.07) is 5.04. The lowest BCUT2D eigenvalue weighted by Gasteiger charge is -2.16. The van der Waals surface area contributed by atoms with Crippen LogP contribution in [0.1, 0.15) is 37.4 Å². The van der Waals surface area contributed by atoms with Gasteiger partial charge in [0.2, 0.25) is 0 Å². The Labute approximate surface area is 98.5 Å². The van der Waals surface area contributed by atoms with E-state index < -0.39 is 0 Å². The highest BCUT2D eigenvalue weighted by molar-refractivity contribution is 5.13. The average molecular weight is 218 g/mol. The molecule has 0 amide bonds. The van der Waals surface area contributed by atoms with Crippen LogP contribution in [0.2, 0.25) is 0 Å². The molecule has 16 heavy (non-hydrogen) atoms. The summed E-state index contributed by atoms with van der Waals surface area (Å²) in [6.45, 7) is 5.32. The third-order valence-electron chi connectivity index (χ3n) is 3.37. The second-order valence-electron chi connectivity index (χ2n) is 4.85. The fourth-order valence-corrected chi connectivity index (χ4v) is 2.23. The third-order valence-corrected chi connectivity index (χ3v) is 3.37. The molecule has 0 saturated heterocycles. The number of pyridine rings is 1. The molecule has 1 unspecified atom stereocenters. The van der Waals surface area contributed by atoms with E-state index >= 15 is 0 Å². The second kappa shape index (κ2) is 5.44. The van der Waals surface area contributed by atoms with Gasteiger partial charge in [0.15, 0.2) is 0 Å². The van der Waals surface area contributed by atoms with E-state index in [1.54, 1.807) is 0 Å². The molecule has 1 N–H and O–H groups in total. The quantitative estimate of drug-likeness (QED) is 0.794. The molecule has 2 rings (SSSR count). The van der Waals surface area contributed by atoms with Crippen molar-refractivity contribution in [3.8, 4) is 0 Å². The van der Waals surface area contributed by atoms with Crippen LogP contribution in [0.4, 0.5) is 0 Å². The first kappa shape index (κ1) is 11.6. The minimum absolute atomic E-state index is 0.728. The Morgan fingerprint density at radius 3 is 2.81 bits per heavy atom. The number of hydrogen-bond acceptors (Lipinski definition) is 2. The van der Waals surface area contributed by atoms with E-state index in [0.29, 0.717) is 0 Å². The summed E-state index contributed by atoms with van der Waals surface area (Å²) < 4.78 is 0. The van der Waals surface area contributed by atoms with Crippen molar-refractivity contribution >= 4 is 0 Å². The lowest BCUT2D eigenvalue weighted by molar-refractivity contribution is 0.446. The lowest BCUT2D eigenvalue weighted by Crippen LogP contribution is -2.31. The Morgan fingerprint density at radius 2 is 2.25 bits per heavy atom. The predicted molar refractivity (Wildman–Crippen MR) is 67.5 cm³/mol. The third kappa shape index (κ3) is 3.31. The SMILES string of the molecule is CCNC(CCc1ccc(C)nc1)C1CC1. The largest absolute Gasteiger partial charge is 0.314 e. The minimum Gasteiger partial charge on any atom is -0.314 e. The number of hydrogen-bond donors (Lipinski definition) is 1. The number of aryl methyl sites for hydroxylation is 2. The highest BCUT2D eigenvalue weighted by atomic mass is 14.9. The van der Waals surface area contributed by atoms with Gasteiger partial charge in [-0.1, -0.05) is 13.0 Å². The van der Waals surface area contributed by atoms with Gasteiger partial charge >= 0.3 is 0 Å². The Kier molecular flexibility index (Phi) is 3.94. The lowest BCUT2D eigenvalue weighted by atomic mass is 10.0. The van der Waals surface area contributed by atoms with E-state index in [4.69, 9.17) is 0 Å². The summed E-state index contributed by atoms with van der Waals surface area (Å²) in [5, 5.41) is 3.61. The Balaban J connectivity index is 1.82. The van der Waals surface area contributed by atoms with E-state index in [0.717, 1.165) is 30.6 Å². The summed E-state index contributed by atoms with van der Waals surface area (Å²) in [5.74, 6) is 0.943. The summed E-state index contributed by atoms with van der Waals surface area (Å²) >= 11 is 0. The Morgan fingerprint density at radius 1 is 1.44 bits per heavy atom. The van der Waals surface area contributed by atoms with Crippen LogP contribution in [0.5, 0.6) is 0 Å². The number of nitrogens with one attached hydrogen (secondary N) is 1. The van der Waals surface area contributed by atoms with Crippen molar-refractivity contribution in [1.29, 1.82) is 0 Å². The first-order valence-corrected chi connectivity index (χ1v) is 6.44. The zero-order chi connectivity index (χ0) is 11.4. The van der Waals surface area contributed by atoms with Crippen molar-refractivity contribution < 1.29 is 0 Å². The smallest absolute Gasteiger partial charge is 0.0372 e. The Bertz CT molecular complexity index is 314. The van der Waals surface area contributed by atoms with Gasteiger partial charge in [0.05, 0.1) is 0 Å². The van der Waals surface area contributed by atoms with Gasteiger partial charge in [0.1, 0.15) is 0 Å². The summed E-state index contributed by atoms with van der Waals surface area (Å²) in [6.07, 6.45) is 7.27. The van der Waals surface area contributed by atoms with E-state index in [1.165, 1.54) is 24.8 Å². The fourth-order valence-electron chi connectivity index (χ4n) is 2.23. The number of rotatable bonds is 6. The topological polar surface area (TPSA) is 24.9 Å². The van der Waals surface area contributed by atoms with Crippen molar-refractivity contribution in [3.63, 3.8) is 0 Å². The molecule has 2 heteroatoms. The van der Waals surface area contributed by atoms with E-state index in [2.05, 4.69) is 29.4 Å². The monoisotopic (exact) mass is 218 g/mol. The van der Waals surface area contributed by atoms with Gasteiger partial charge in [0, 0.05) is 17.9 Å². The molecule has 1 atom stereocenters. The molecule has 0 bridgehead atoms. The maximum absolute atomic E-state index is 4.34. The molecule has 1 aromatic rings. The Hall–Kier alpha value is -0.890. The van der Waals surface area contributed by atoms with Crippen LogP contribution >= 0.6 is 0 Å². The number of aromatic nitrogens is 1. The molecule has 1 fully saturated rings. The molecule has 0 spiro atoms. The maximum atomic E-state index is 4.34. The van der Waals surface area contributed by atoms with Crippen LogP contribution in [-0.2, 0) is 6.42 Å². The van der Waals surface area contributed by atoms with Gasteiger partial charge in [-0.15, -0.1) is 0 Å². The first-order chi connectivity index (χ1) is 7.79. The maximum Gasteiger partial charge on any atom is 0.0372 e. The highest BCUT2D eigenvalue weighted by Gasteiger charge is 2.29. The summed E-state index contributed by atoms with van der Waals surface area (Å²) in [5.41, 5.74) is 2.48. The van der Waals surface area contributed by atoms with Gasteiger partial charge in [-0.05, 0) is 56.7 Å². The molecule has 0 aliphatic heterocycles. The molecule has 0 aromatic carbocycles. The molecule has 2 nitrogen and oxygen atoms in total. The first-order valence-electron chi connectivity index (χ1n) is 6.44. The normalized spacial score (nSPS) is 17.4. The van der Waals surface area contributed by atoms with Crippen molar-refractivity contribution in [2.45, 2.75) is 45.6 Å². The van der Waals surface area contributed by atoms with E-state index in [-0.39, 0.29) is 0 Å². The van der Waals surface area contributed by atoms with Crippen molar-refractivity contribution in [2.75, 3.05) is 6.54 Å². The highest BCUT2D eigenvalue weighted by Crippen LogP contribution is 2.34. The van der Waals surface area contributed by atoms with Gasteiger partial charge in [-0.3, -0.25) is 4.98 Å². The van der Waals surface area contributed by atoms with Crippen LogP contribution in [0.3, 0.4) is 0 Å². The van der Waals surface area contributed by atoms with Crippen LogP contribution in [0.25, 0.3) is 0 Å². The molecular formula is C14H22N2. The fraction of sp³-hybridized carbons (Fsp3) is 0.643. The molecule has 88 valence electrons. The zero-order valence-corrected chi connectivity index (χ0v) is 10.4. The van der Waals surface area contributed by atoms with Crippen molar-refractivity contribution in [1.82, 2.24) is 10.3 Å². The molecule has 1 aliphatic rings. The van der Waals surface area contributed by atoms with Gasteiger partial charge < -0.3 is 5.32 Å². The van der Waals surface area contributed by atoms with Gasteiger partial charge in [-0.25, -0.2) is 0 Å². The van der Waals surface area contributed by atoms with Crippen LogP contribution in [0, 0.1) is 12.8 Å². The van der Waals surface area contributed by atoms with Gasteiger partial charge in [0.25, 0.3) is 0 Å². The molecule has 0 radical (unpaired) electrons. The molecule has 1 aromatic heterocycles. The second-order valence-corrected chi connectivity index (χ2v) is 4.85. The van der Waals surface area contributed by atoms with E-state index in [9.17, 15) is 0 Å². The van der Waals surface area contributed by atoms with Crippen LogP contribution in [0.15, 0.2) is 18.3 Å².